The average molecular weight is 557 g/mol. The van der Waals surface area contributed by atoms with Gasteiger partial charge in [0.05, 0.1) is 19.6 Å². The summed E-state index contributed by atoms with van der Waals surface area (Å²) in [7, 11) is 0. The van der Waals surface area contributed by atoms with Crippen molar-refractivity contribution in [2.75, 3.05) is 23.4 Å². The van der Waals surface area contributed by atoms with Crippen LogP contribution in [0.5, 0.6) is 5.75 Å². The van der Waals surface area contributed by atoms with Crippen molar-refractivity contribution in [1.29, 1.82) is 0 Å². The SMILES string of the molecule is CCOc1ccc(NC(=O)C[C@H]2C(=O)N(Cc3ccccc3)C(=S)N2Cc2ccc(N3CCCC3=O)cc2)cc1. The molecule has 0 bridgehead atoms. The Balaban J connectivity index is 1.33. The summed E-state index contributed by atoms with van der Waals surface area (Å²) in [6, 6.07) is 23.8. The first-order valence-corrected chi connectivity index (χ1v) is 13.9. The Kier molecular flexibility index (Phi) is 8.40. The number of thiocarbonyl (C=S) groups is 1. The molecule has 0 aromatic heterocycles. The van der Waals surface area contributed by atoms with Gasteiger partial charge in [-0.3, -0.25) is 19.3 Å². The van der Waals surface area contributed by atoms with E-state index in [1.165, 1.54) is 0 Å². The quantitative estimate of drug-likeness (QED) is 0.364. The van der Waals surface area contributed by atoms with E-state index in [2.05, 4.69) is 5.32 Å². The Morgan fingerprint density at radius 2 is 1.65 bits per heavy atom. The van der Waals surface area contributed by atoms with Crippen LogP contribution in [-0.2, 0) is 27.5 Å². The maximum Gasteiger partial charge on any atom is 0.252 e. The van der Waals surface area contributed by atoms with Crippen molar-refractivity contribution in [2.24, 2.45) is 0 Å². The van der Waals surface area contributed by atoms with Crippen LogP contribution in [0.15, 0.2) is 78.9 Å². The number of rotatable bonds is 10. The highest BCUT2D eigenvalue weighted by atomic mass is 32.1. The lowest BCUT2D eigenvalue weighted by Gasteiger charge is -2.24. The standard InChI is InChI=1S/C31H32N4O4S/c1-2-39-26-16-12-24(13-17-26)32-28(36)19-27-30(38)35(21-22-7-4-3-5-8-22)31(40)34(27)20-23-10-14-25(15-11-23)33-18-6-9-29(33)37/h3-5,7-8,10-17,27H,2,6,9,18-21H2,1H3,(H,32,36)/t27-/m0/s1. The van der Waals surface area contributed by atoms with E-state index in [1.54, 1.807) is 34.1 Å². The monoisotopic (exact) mass is 556 g/mol. The molecule has 0 radical (unpaired) electrons. The summed E-state index contributed by atoms with van der Waals surface area (Å²) in [5.41, 5.74) is 3.38. The summed E-state index contributed by atoms with van der Waals surface area (Å²) in [6.45, 7) is 3.90. The number of anilines is 2. The van der Waals surface area contributed by atoms with Gasteiger partial charge >= 0.3 is 0 Å². The maximum atomic E-state index is 13.6. The smallest absolute Gasteiger partial charge is 0.252 e. The van der Waals surface area contributed by atoms with Crippen LogP contribution in [0.1, 0.15) is 37.3 Å². The molecular formula is C31H32N4O4S. The van der Waals surface area contributed by atoms with Crippen LogP contribution in [0.25, 0.3) is 0 Å². The summed E-state index contributed by atoms with van der Waals surface area (Å²) in [5, 5.41) is 3.29. The minimum absolute atomic E-state index is 0.0438. The number of hydrogen-bond donors (Lipinski definition) is 1. The van der Waals surface area contributed by atoms with E-state index in [-0.39, 0.29) is 24.1 Å². The molecule has 0 spiro atoms. The van der Waals surface area contributed by atoms with E-state index in [9.17, 15) is 14.4 Å². The van der Waals surface area contributed by atoms with Crippen molar-refractivity contribution >= 4 is 46.4 Å². The fourth-order valence-electron chi connectivity index (χ4n) is 5.07. The molecule has 0 saturated carbocycles. The Hall–Kier alpha value is -4.24. The van der Waals surface area contributed by atoms with Gasteiger partial charge in [-0.2, -0.15) is 0 Å². The molecule has 1 atom stereocenters. The largest absolute Gasteiger partial charge is 0.494 e. The topological polar surface area (TPSA) is 82.2 Å². The normalized spacial score (nSPS) is 17.1. The number of nitrogens with zero attached hydrogens (tertiary/aromatic N) is 3. The van der Waals surface area contributed by atoms with Gasteiger partial charge in [-0.25, -0.2) is 0 Å². The third kappa shape index (κ3) is 6.15. The third-order valence-corrected chi connectivity index (χ3v) is 7.54. The van der Waals surface area contributed by atoms with Crippen molar-refractivity contribution in [2.45, 2.75) is 45.3 Å². The zero-order chi connectivity index (χ0) is 28.1. The number of ether oxygens (including phenoxy) is 1. The first kappa shape index (κ1) is 27.3. The van der Waals surface area contributed by atoms with Crippen molar-refractivity contribution in [3.05, 3.63) is 90.0 Å². The molecule has 2 aliphatic rings. The zero-order valence-electron chi connectivity index (χ0n) is 22.4. The van der Waals surface area contributed by atoms with E-state index in [4.69, 9.17) is 17.0 Å². The lowest BCUT2D eigenvalue weighted by atomic mass is 10.1. The molecule has 9 heteroatoms. The number of nitrogens with one attached hydrogen (secondary N) is 1. The first-order chi connectivity index (χ1) is 19.4. The molecule has 3 aromatic carbocycles. The zero-order valence-corrected chi connectivity index (χ0v) is 23.2. The Morgan fingerprint density at radius 1 is 0.950 bits per heavy atom. The Morgan fingerprint density at radius 3 is 2.30 bits per heavy atom. The van der Waals surface area contributed by atoms with Gasteiger partial charge in [-0.1, -0.05) is 42.5 Å². The van der Waals surface area contributed by atoms with Crippen LogP contribution >= 0.6 is 12.2 Å². The van der Waals surface area contributed by atoms with Gasteiger partial charge in [0.1, 0.15) is 11.8 Å². The van der Waals surface area contributed by atoms with Crippen LogP contribution in [0, 0.1) is 0 Å². The van der Waals surface area contributed by atoms with E-state index in [0.29, 0.717) is 36.9 Å². The van der Waals surface area contributed by atoms with Crippen LogP contribution in [-0.4, -0.2) is 51.8 Å². The van der Waals surface area contributed by atoms with E-state index in [1.807, 2.05) is 66.4 Å². The minimum Gasteiger partial charge on any atom is -0.494 e. The van der Waals surface area contributed by atoms with Gasteiger partial charge in [0, 0.05) is 30.9 Å². The second-order valence-corrected chi connectivity index (χ2v) is 10.2. The Labute approximate surface area is 239 Å². The first-order valence-electron chi connectivity index (χ1n) is 13.5. The molecule has 3 amide bonds. The van der Waals surface area contributed by atoms with Gasteiger partial charge < -0.3 is 19.9 Å². The van der Waals surface area contributed by atoms with Gasteiger partial charge in [0.2, 0.25) is 11.8 Å². The predicted octanol–water partition coefficient (Wildman–Crippen LogP) is 4.74. The van der Waals surface area contributed by atoms with Gasteiger partial charge in [0.25, 0.3) is 5.91 Å². The summed E-state index contributed by atoms with van der Waals surface area (Å²) < 4.78 is 5.47. The lowest BCUT2D eigenvalue weighted by Crippen LogP contribution is -2.37. The van der Waals surface area contributed by atoms with Crippen molar-refractivity contribution in [1.82, 2.24) is 9.80 Å². The van der Waals surface area contributed by atoms with E-state index in [0.717, 1.165) is 35.5 Å². The lowest BCUT2D eigenvalue weighted by molar-refractivity contribution is -0.131. The van der Waals surface area contributed by atoms with Gasteiger partial charge in [-0.05, 0) is 73.1 Å². The number of carbonyl (C=O) groups excluding carboxylic acids is 3. The number of carbonyl (C=O) groups is 3. The molecule has 40 heavy (non-hydrogen) atoms. The van der Waals surface area contributed by atoms with Crippen molar-refractivity contribution in [3.63, 3.8) is 0 Å². The average Bonchev–Trinajstić information content (AvgIpc) is 3.48. The molecule has 5 rings (SSSR count). The van der Waals surface area contributed by atoms with E-state index >= 15 is 0 Å². The molecular weight excluding hydrogens is 524 g/mol. The van der Waals surface area contributed by atoms with Crippen LogP contribution in [0.4, 0.5) is 11.4 Å². The maximum absolute atomic E-state index is 13.6. The summed E-state index contributed by atoms with van der Waals surface area (Å²) in [4.78, 5) is 44.1. The predicted molar refractivity (Wildman–Crippen MR) is 158 cm³/mol. The molecule has 8 nitrogen and oxygen atoms in total. The fourth-order valence-corrected chi connectivity index (χ4v) is 5.42. The van der Waals surface area contributed by atoms with Crippen LogP contribution in [0.3, 0.4) is 0 Å². The van der Waals surface area contributed by atoms with Crippen molar-refractivity contribution < 1.29 is 19.1 Å². The molecule has 2 saturated heterocycles. The van der Waals surface area contributed by atoms with Gasteiger partial charge in [-0.15, -0.1) is 0 Å². The molecule has 2 fully saturated rings. The number of amides is 3. The fraction of sp³-hybridized carbons (Fsp3) is 0.290. The summed E-state index contributed by atoms with van der Waals surface area (Å²) in [5.74, 6) is 0.378. The highest BCUT2D eigenvalue weighted by Crippen LogP contribution is 2.27. The highest BCUT2D eigenvalue weighted by Gasteiger charge is 2.43. The second kappa shape index (κ2) is 12.3. The molecule has 0 aliphatic carbocycles. The molecule has 0 unspecified atom stereocenters. The number of hydrogen-bond acceptors (Lipinski definition) is 5. The number of benzene rings is 3. The van der Waals surface area contributed by atoms with E-state index < -0.39 is 6.04 Å². The Bertz CT molecular complexity index is 1380. The summed E-state index contributed by atoms with van der Waals surface area (Å²) >= 11 is 5.80. The van der Waals surface area contributed by atoms with Crippen LogP contribution < -0.4 is 15.0 Å². The van der Waals surface area contributed by atoms with Crippen LogP contribution in [0.2, 0.25) is 0 Å². The van der Waals surface area contributed by atoms with Crippen molar-refractivity contribution in [3.8, 4) is 5.75 Å². The summed E-state index contributed by atoms with van der Waals surface area (Å²) in [6.07, 6.45) is 1.39. The van der Waals surface area contributed by atoms with Gasteiger partial charge in [0.15, 0.2) is 5.11 Å². The third-order valence-electron chi connectivity index (χ3n) is 7.09. The molecule has 206 valence electrons. The highest BCUT2D eigenvalue weighted by molar-refractivity contribution is 7.80. The molecule has 3 aromatic rings. The molecule has 1 N–H and O–H groups in total. The second-order valence-electron chi connectivity index (χ2n) is 9.86. The minimum atomic E-state index is -0.737. The molecule has 2 heterocycles. The molecule has 2 aliphatic heterocycles.